The van der Waals surface area contributed by atoms with E-state index in [-0.39, 0.29) is 29.8 Å². The second-order valence-electron chi connectivity index (χ2n) is 7.12. The van der Waals surface area contributed by atoms with Crippen LogP contribution in [0.1, 0.15) is 45.0 Å². The lowest BCUT2D eigenvalue weighted by Gasteiger charge is -2.23. The predicted molar refractivity (Wildman–Crippen MR) is 99.9 cm³/mol. The van der Waals surface area contributed by atoms with Gasteiger partial charge in [0.15, 0.2) is 0 Å². The summed E-state index contributed by atoms with van der Waals surface area (Å²) in [6.45, 7) is 8.12. The van der Waals surface area contributed by atoms with Gasteiger partial charge in [0.05, 0.1) is 6.54 Å². The van der Waals surface area contributed by atoms with Crippen molar-refractivity contribution in [2.24, 2.45) is 0 Å². The number of carbonyl (C=O) groups is 4. The second kappa shape index (κ2) is 8.46. The molecule has 0 fully saturated rings. The van der Waals surface area contributed by atoms with Crippen molar-refractivity contribution in [3.63, 3.8) is 0 Å². The van der Waals surface area contributed by atoms with Crippen LogP contribution in [0.3, 0.4) is 0 Å². The van der Waals surface area contributed by atoms with Crippen LogP contribution in [0.2, 0.25) is 0 Å². The lowest BCUT2D eigenvalue weighted by atomic mass is 10.1. The first kappa shape index (κ1) is 21.1. The standard InChI is InChI=1S/C18H26N4O4/c1-11(23)19-14-7-13(8-15(9-14)20-12(2)24)17(26)22(6)10-16(25)21-18(3,4)5/h7-9H,10H2,1-6H3,(H,19,23)(H,20,24)(H,21,25). The van der Waals surface area contributed by atoms with Crippen LogP contribution in [0.15, 0.2) is 18.2 Å². The third-order valence-corrected chi connectivity index (χ3v) is 3.06. The van der Waals surface area contributed by atoms with Crippen molar-refractivity contribution in [3.05, 3.63) is 23.8 Å². The lowest BCUT2D eigenvalue weighted by molar-refractivity contribution is -0.123. The average Bonchev–Trinajstić information content (AvgIpc) is 2.42. The monoisotopic (exact) mass is 362 g/mol. The molecular formula is C18H26N4O4. The van der Waals surface area contributed by atoms with Crippen LogP contribution >= 0.6 is 0 Å². The summed E-state index contributed by atoms with van der Waals surface area (Å²) in [6.07, 6.45) is 0. The van der Waals surface area contributed by atoms with E-state index < -0.39 is 11.4 Å². The molecule has 142 valence electrons. The number of benzene rings is 1. The zero-order chi connectivity index (χ0) is 20.1. The zero-order valence-electron chi connectivity index (χ0n) is 16.0. The molecular weight excluding hydrogens is 336 g/mol. The summed E-state index contributed by atoms with van der Waals surface area (Å²) < 4.78 is 0. The van der Waals surface area contributed by atoms with Crippen molar-refractivity contribution in [2.45, 2.75) is 40.2 Å². The number of likely N-dealkylation sites (N-methyl/N-ethyl adjacent to an activating group) is 1. The predicted octanol–water partition coefficient (Wildman–Crippen LogP) is 1.59. The molecule has 8 heteroatoms. The number of carbonyl (C=O) groups excluding carboxylic acids is 4. The number of rotatable bonds is 5. The Labute approximate surface area is 153 Å². The summed E-state index contributed by atoms with van der Waals surface area (Å²) in [5.74, 6) is -1.30. The van der Waals surface area contributed by atoms with Gasteiger partial charge in [0.25, 0.3) is 5.91 Å². The molecule has 0 atom stereocenters. The van der Waals surface area contributed by atoms with Crippen molar-refractivity contribution in [3.8, 4) is 0 Å². The molecule has 8 nitrogen and oxygen atoms in total. The number of hydrogen-bond donors (Lipinski definition) is 3. The minimum Gasteiger partial charge on any atom is -0.350 e. The van der Waals surface area contributed by atoms with E-state index in [0.29, 0.717) is 11.4 Å². The van der Waals surface area contributed by atoms with Crippen LogP contribution in [0.4, 0.5) is 11.4 Å². The summed E-state index contributed by atoms with van der Waals surface area (Å²) in [5, 5.41) is 7.95. The molecule has 0 saturated heterocycles. The molecule has 4 amide bonds. The number of hydrogen-bond acceptors (Lipinski definition) is 4. The van der Waals surface area contributed by atoms with Crippen molar-refractivity contribution in [2.75, 3.05) is 24.2 Å². The molecule has 1 aromatic rings. The fraction of sp³-hybridized carbons (Fsp3) is 0.444. The molecule has 0 radical (unpaired) electrons. The third-order valence-electron chi connectivity index (χ3n) is 3.06. The van der Waals surface area contributed by atoms with Gasteiger partial charge in [-0.25, -0.2) is 0 Å². The van der Waals surface area contributed by atoms with Gasteiger partial charge in [0.2, 0.25) is 17.7 Å². The van der Waals surface area contributed by atoms with Crippen molar-refractivity contribution in [1.29, 1.82) is 0 Å². The van der Waals surface area contributed by atoms with Gasteiger partial charge < -0.3 is 20.9 Å². The van der Waals surface area contributed by atoms with Gasteiger partial charge in [-0.15, -0.1) is 0 Å². The Bertz CT molecular complexity index is 688. The molecule has 0 saturated carbocycles. The molecule has 1 aromatic carbocycles. The van der Waals surface area contributed by atoms with E-state index in [4.69, 9.17) is 0 Å². The first-order valence-electron chi connectivity index (χ1n) is 8.14. The molecule has 0 aromatic heterocycles. The maximum atomic E-state index is 12.6. The van der Waals surface area contributed by atoms with Crippen molar-refractivity contribution >= 4 is 35.0 Å². The van der Waals surface area contributed by atoms with Gasteiger partial charge in [0, 0.05) is 43.4 Å². The highest BCUT2D eigenvalue weighted by Crippen LogP contribution is 2.20. The smallest absolute Gasteiger partial charge is 0.254 e. The molecule has 0 bridgehead atoms. The number of nitrogens with one attached hydrogen (secondary N) is 3. The molecule has 0 aliphatic heterocycles. The van der Waals surface area contributed by atoms with Crippen molar-refractivity contribution < 1.29 is 19.2 Å². The van der Waals surface area contributed by atoms with Gasteiger partial charge in [-0.1, -0.05) is 0 Å². The highest BCUT2D eigenvalue weighted by atomic mass is 16.2. The van der Waals surface area contributed by atoms with Crippen LogP contribution in [0, 0.1) is 0 Å². The van der Waals surface area contributed by atoms with Gasteiger partial charge in [0.1, 0.15) is 0 Å². The molecule has 1 rings (SSSR count). The molecule has 26 heavy (non-hydrogen) atoms. The van der Waals surface area contributed by atoms with Crippen LogP contribution in [0.25, 0.3) is 0 Å². The fourth-order valence-corrected chi connectivity index (χ4v) is 2.27. The summed E-state index contributed by atoms with van der Waals surface area (Å²) in [5.41, 5.74) is 0.593. The molecule has 0 aliphatic carbocycles. The summed E-state index contributed by atoms with van der Waals surface area (Å²) in [7, 11) is 1.51. The Hall–Kier alpha value is -2.90. The first-order valence-corrected chi connectivity index (χ1v) is 8.14. The summed E-state index contributed by atoms with van der Waals surface area (Å²) in [6, 6.07) is 4.53. The van der Waals surface area contributed by atoms with E-state index in [1.807, 2.05) is 20.8 Å². The maximum Gasteiger partial charge on any atom is 0.254 e. The van der Waals surface area contributed by atoms with Gasteiger partial charge in [-0.05, 0) is 39.0 Å². The van der Waals surface area contributed by atoms with E-state index in [0.717, 1.165) is 0 Å². The number of nitrogens with zero attached hydrogens (tertiary/aromatic N) is 1. The van der Waals surface area contributed by atoms with Gasteiger partial charge in [-0.2, -0.15) is 0 Å². The fourth-order valence-electron chi connectivity index (χ4n) is 2.27. The Kier molecular flexibility index (Phi) is 6.88. The minimum atomic E-state index is -0.409. The Balaban J connectivity index is 3.03. The van der Waals surface area contributed by atoms with Crippen LogP contribution in [-0.4, -0.2) is 47.7 Å². The first-order chi connectivity index (χ1) is 11.9. The lowest BCUT2D eigenvalue weighted by Crippen LogP contribution is -2.46. The molecule has 0 aliphatic rings. The Morgan fingerprint density at radius 1 is 0.923 bits per heavy atom. The highest BCUT2D eigenvalue weighted by molar-refractivity contribution is 6.01. The van der Waals surface area contributed by atoms with Gasteiger partial charge in [-0.3, -0.25) is 19.2 Å². The average molecular weight is 362 g/mol. The maximum absolute atomic E-state index is 12.6. The molecule has 3 N–H and O–H groups in total. The number of anilines is 2. The van der Waals surface area contributed by atoms with E-state index in [9.17, 15) is 19.2 Å². The molecule has 0 heterocycles. The minimum absolute atomic E-state index is 0.115. The highest BCUT2D eigenvalue weighted by Gasteiger charge is 2.19. The molecule has 0 unspecified atom stereocenters. The van der Waals surface area contributed by atoms with E-state index in [2.05, 4.69) is 16.0 Å². The van der Waals surface area contributed by atoms with E-state index in [1.54, 1.807) is 6.07 Å². The topological polar surface area (TPSA) is 108 Å². The van der Waals surface area contributed by atoms with Crippen LogP contribution in [0.5, 0.6) is 0 Å². The van der Waals surface area contributed by atoms with Crippen molar-refractivity contribution in [1.82, 2.24) is 10.2 Å². The Morgan fingerprint density at radius 2 is 1.38 bits per heavy atom. The van der Waals surface area contributed by atoms with Gasteiger partial charge >= 0.3 is 0 Å². The summed E-state index contributed by atoms with van der Waals surface area (Å²) >= 11 is 0. The SMILES string of the molecule is CC(=O)Nc1cc(NC(C)=O)cc(C(=O)N(C)CC(=O)NC(C)(C)C)c1. The quantitative estimate of drug-likeness (QED) is 0.739. The number of amides is 4. The van der Waals surface area contributed by atoms with E-state index >= 15 is 0 Å². The summed E-state index contributed by atoms with van der Waals surface area (Å²) in [4.78, 5) is 48.5. The normalized spacial score (nSPS) is 10.7. The third kappa shape index (κ3) is 7.33. The van der Waals surface area contributed by atoms with E-state index in [1.165, 1.54) is 37.9 Å². The largest absolute Gasteiger partial charge is 0.350 e. The zero-order valence-corrected chi connectivity index (χ0v) is 16.0. The van der Waals surface area contributed by atoms with Crippen LogP contribution < -0.4 is 16.0 Å². The van der Waals surface area contributed by atoms with Crippen LogP contribution in [-0.2, 0) is 14.4 Å². The Morgan fingerprint density at radius 3 is 1.77 bits per heavy atom. The second-order valence-corrected chi connectivity index (χ2v) is 7.12. The molecule has 0 spiro atoms.